The number of hydrogen-bond acceptors (Lipinski definition) is 6. The molecule has 7 nitrogen and oxygen atoms in total. The first-order valence-corrected chi connectivity index (χ1v) is 13.0. The van der Waals surface area contributed by atoms with E-state index in [1.807, 2.05) is 18.2 Å². The van der Waals surface area contributed by atoms with E-state index in [0.29, 0.717) is 6.54 Å². The molecule has 0 spiro atoms. The summed E-state index contributed by atoms with van der Waals surface area (Å²) >= 11 is 0. The van der Waals surface area contributed by atoms with Crippen LogP contribution in [0.25, 0.3) is 0 Å². The highest BCUT2D eigenvalue weighted by Gasteiger charge is 2.64. The first-order chi connectivity index (χ1) is 17.0. The SMILES string of the molecule is COc1ccccc1N1CCN(CCCN2C(=O)C3C4OC(C5=C4CC(C)=C(C)C5)C3C2=O)CC1. The second-order valence-electron chi connectivity index (χ2n) is 10.7. The molecule has 1 aromatic rings. The fourth-order valence-corrected chi connectivity index (χ4v) is 6.78. The number of para-hydroxylation sites is 2. The topological polar surface area (TPSA) is 62.3 Å². The summed E-state index contributed by atoms with van der Waals surface area (Å²) in [6, 6.07) is 8.16. The average Bonchev–Trinajstić information content (AvgIpc) is 3.50. The maximum Gasteiger partial charge on any atom is 0.236 e. The van der Waals surface area contributed by atoms with Crippen LogP contribution in [0.2, 0.25) is 0 Å². The van der Waals surface area contributed by atoms with E-state index in [1.54, 1.807) is 12.0 Å². The Hall–Kier alpha value is -2.64. The second-order valence-corrected chi connectivity index (χ2v) is 10.7. The largest absolute Gasteiger partial charge is 0.495 e. The third-order valence-corrected chi connectivity index (χ3v) is 8.83. The molecule has 1 aromatic carbocycles. The van der Waals surface area contributed by atoms with Crippen LogP contribution in [0, 0.1) is 11.8 Å². The minimum atomic E-state index is -0.304. The zero-order valence-corrected chi connectivity index (χ0v) is 21.0. The van der Waals surface area contributed by atoms with Crippen LogP contribution in [0.5, 0.6) is 5.75 Å². The highest BCUT2D eigenvalue weighted by Crippen LogP contribution is 2.55. The first-order valence-electron chi connectivity index (χ1n) is 13.0. The maximum atomic E-state index is 13.3. The molecule has 4 atom stereocenters. The van der Waals surface area contributed by atoms with Gasteiger partial charge >= 0.3 is 0 Å². The summed E-state index contributed by atoms with van der Waals surface area (Å²) in [4.78, 5) is 33.0. The Morgan fingerprint density at radius 2 is 1.49 bits per heavy atom. The number of rotatable bonds is 6. The van der Waals surface area contributed by atoms with Crippen LogP contribution in [-0.4, -0.2) is 80.2 Å². The van der Waals surface area contributed by atoms with Gasteiger partial charge in [0.1, 0.15) is 5.75 Å². The highest BCUT2D eigenvalue weighted by atomic mass is 16.5. The molecule has 5 aliphatic rings. The van der Waals surface area contributed by atoms with E-state index in [1.165, 1.54) is 22.3 Å². The lowest BCUT2D eigenvalue weighted by molar-refractivity contribution is -0.142. The monoisotopic (exact) mass is 477 g/mol. The van der Waals surface area contributed by atoms with Crippen LogP contribution in [0.3, 0.4) is 0 Å². The molecule has 1 aliphatic carbocycles. The van der Waals surface area contributed by atoms with Gasteiger partial charge in [0.15, 0.2) is 0 Å². The van der Waals surface area contributed by atoms with E-state index in [2.05, 4.69) is 29.7 Å². The first kappa shape index (κ1) is 22.8. The van der Waals surface area contributed by atoms with Crippen molar-refractivity contribution in [1.29, 1.82) is 0 Å². The van der Waals surface area contributed by atoms with Crippen molar-refractivity contribution in [2.45, 2.75) is 45.3 Å². The molecule has 3 saturated heterocycles. The third-order valence-electron chi connectivity index (χ3n) is 8.83. The molecule has 0 aromatic heterocycles. The molecule has 0 radical (unpaired) electrons. The number of hydrogen-bond donors (Lipinski definition) is 0. The smallest absolute Gasteiger partial charge is 0.236 e. The Morgan fingerprint density at radius 3 is 2.09 bits per heavy atom. The number of piperazine rings is 1. The standard InChI is InChI=1S/C28H35N3O4/c1-17-15-19-20(16-18(17)2)26-24-23(25(19)35-26)27(32)31(28(24)33)10-6-9-29-11-13-30(14-12-29)21-7-4-5-8-22(21)34-3/h4-5,7-8,23-26H,6,9-16H2,1-3H3. The van der Waals surface area contributed by atoms with Gasteiger partial charge in [0.25, 0.3) is 0 Å². The zero-order valence-electron chi connectivity index (χ0n) is 21.0. The van der Waals surface area contributed by atoms with Gasteiger partial charge in [-0.25, -0.2) is 0 Å². The molecule has 4 unspecified atom stereocenters. The van der Waals surface area contributed by atoms with E-state index in [9.17, 15) is 9.59 Å². The molecular weight excluding hydrogens is 442 g/mol. The lowest BCUT2D eigenvalue weighted by Crippen LogP contribution is -2.47. The van der Waals surface area contributed by atoms with Gasteiger partial charge in [-0.1, -0.05) is 23.3 Å². The molecule has 0 saturated carbocycles. The Morgan fingerprint density at radius 1 is 0.886 bits per heavy atom. The number of likely N-dealkylation sites (tertiary alicyclic amines) is 1. The van der Waals surface area contributed by atoms with Crippen molar-refractivity contribution >= 4 is 17.5 Å². The van der Waals surface area contributed by atoms with Gasteiger partial charge in [-0.2, -0.15) is 0 Å². The van der Waals surface area contributed by atoms with E-state index < -0.39 is 0 Å². The fraction of sp³-hybridized carbons (Fsp3) is 0.571. The van der Waals surface area contributed by atoms with E-state index in [-0.39, 0.29) is 35.9 Å². The summed E-state index contributed by atoms with van der Waals surface area (Å²) in [5.41, 5.74) is 6.49. The number of benzene rings is 1. The van der Waals surface area contributed by atoms with Crippen molar-refractivity contribution in [3.8, 4) is 5.75 Å². The minimum Gasteiger partial charge on any atom is -0.495 e. The van der Waals surface area contributed by atoms with Gasteiger partial charge in [0.2, 0.25) is 11.8 Å². The number of carbonyl (C=O) groups excluding carboxylic acids is 2. The van der Waals surface area contributed by atoms with Crippen molar-refractivity contribution in [3.63, 3.8) is 0 Å². The lowest BCUT2D eigenvalue weighted by atomic mass is 9.71. The normalized spacial score (nSPS) is 30.5. The number of nitrogens with zero attached hydrogens (tertiary/aromatic N) is 3. The van der Waals surface area contributed by atoms with Gasteiger partial charge in [-0.3, -0.25) is 19.4 Å². The molecule has 186 valence electrons. The van der Waals surface area contributed by atoms with Crippen molar-refractivity contribution in [1.82, 2.24) is 9.80 Å². The molecule has 0 N–H and O–H groups in total. The summed E-state index contributed by atoms with van der Waals surface area (Å²) in [6.45, 7) is 9.56. The maximum absolute atomic E-state index is 13.3. The van der Waals surface area contributed by atoms with Gasteiger partial charge in [-0.15, -0.1) is 0 Å². The molecule has 4 aliphatic heterocycles. The van der Waals surface area contributed by atoms with Gasteiger partial charge in [0.05, 0.1) is 36.8 Å². The number of fused-ring (bicyclic) bond motifs is 7. The predicted molar refractivity (Wildman–Crippen MR) is 133 cm³/mol. The predicted octanol–water partition coefficient (Wildman–Crippen LogP) is 3.02. The summed E-state index contributed by atoms with van der Waals surface area (Å²) in [7, 11) is 1.71. The molecule has 35 heavy (non-hydrogen) atoms. The van der Waals surface area contributed by atoms with Crippen LogP contribution < -0.4 is 9.64 Å². The van der Waals surface area contributed by atoms with Crippen LogP contribution in [-0.2, 0) is 14.3 Å². The second kappa shape index (κ2) is 8.79. The molecule has 7 heteroatoms. The van der Waals surface area contributed by atoms with Crippen molar-refractivity contribution in [2.75, 3.05) is 51.3 Å². The number of amides is 2. The number of allylic oxidation sites excluding steroid dienone is 2. The van der Waals surface area contributed by atoms with Gasteiger partial charge in [-0.05, 0) is 62.9 Å². The number of methoxy groups -OCH3 is 1. The molecule has 3 fully saturated rings. The minimum absolute atomic E-state index is 0.0102. The van der Waals surface area contributed by atoms with E-state index >= 15 is 0 Å². The van der Waals surface area contributed by atoms with Crippen molar-refractivity contribution in [2.24, 2.45) is 11.8 Å². The summed E-state index contributed by atoms with van der Waals surface area (Å²) in [6.07, 6.45) is 2.23. The van der Waals surface area contributed by atoms with E-state index in [4.69, 9.17) is 9.47 Å². The lowest BCUT2D eigenvalue weighted by Gasteiger charge is -2.36. The van der Waals surface area contributed by atoms with Gasteiger partial charge in [0, 0.05) is 32.7 Å². The van der Waals surface area contributed by atoms with Crippen LogP contribution in [0.4, 0.5) is 5.69 Å². The molecule has 2 bridgehead atoms. The summed E-state index contributed by atoms with van der Waals surface area (Å²) in [5.74, 6) is 0.282. The van der Waals surface area contributed by atoms with Crippen LogP contribution in [0.15, 0.2) is 46.6 Å². The van der Waals surface area contributed by atoms with Gasteiger partial charge < -0.3 is 14.4 Å². The summed E-state index contributed by atoms with van der Waals surface area (Å²) < 4.78 is 11.8. The Bertz CT molecular complexity index is 1070. The summed E-state index contributed by atoms with van der Waals surface area (Å²) in [5, 5.41) is 0. The molecule has 2 amide bonds. The Kier molecular flexibility index (Phi) is 5.72. The molecular formula is C28H35N3O4. The zero-order chi connectivity index (χ0) is 24.3. The number of carbonyl (C=O) groups is 2. The molecule has 6 rings (SSSR count). The van der Waals surface area contributed by atoms with Crippen LogP contribution in [0.1, 0.15) is 33.1 Å². The quantitative estimate of drug-likeness (QED) is 0.464. The van der Waals surface area contributed by atoms with Crippen molar-refractivity contribution < 1.29 is 19.1 Å². The number of anilines is 1. The fourth-order valence-electron chi connectivity index (χ4n) is 6.78. The Labute approximate surface area is 207 Å². The number of imide groups is 1. The van der Waals surface area contributed by atoms with Crippen molar-refractivity contribution in [3.05, 3.63) is 46.6 Å². The van der Waals surface area contributed by atoms with Crippen LogP contribution >= 0.6 is 0 Å². The Balaban J connectivity index is 1.03. The number of ether oxygens (including phenoxy) is 2. The molecule has 4 heterocycles. The highest BCUT2D eigenvalue weighted by molar-refractivity contribution is 6.07. The average molecular weight is 478 g/mol. The van der Waals surface area contributed by atoms with E-state index in [0.717, 1.165) is 63.4 Å². The third kappa shape index (κ3) is 3.62.